The van der Waals surface area contributed by atoms with Crippen molar-refractivity contribution in [3.8, 4) is 17.2 Å². The molecule has 2 aromatic rings. The van der Waals surface area contributed by atoms with Gasteiger partial charge in [-0.15, -0.1) is 0 Å². The Labute approximate surface area is 294 Å². The van der Waals surface area contributed by atoms with Gasteiger partial charge >= 0.3 is 18.2 Å². The fourth-order valence-corrected chi connectivity index (χ4v) is 5.75. The van der Waals surface area contributed by atoms with Crippen LogP contribution in [0.25, 0.3) is 0 Å². The topological polar surface area (TPSA) is 101 Å². The Balaban J connectivity index is 1.26. The molecule has 0 radical (unpaired) electrons. The summed E-state index contributed by atoms with van der Waals surface area (Å²) in [6.07, 6.45) is 19.1. The third kappa shape index (κ3) is 17.0. The first-order valence-electron chi connectivity index (χ1n) is 18.8. The monoisotopic (exact) mass is 681 g/mol. The van der Waals surface area contributed by atoms with Crippen molar-refractivity contribution < 1.29 is 38.1 Å². The van der Waals surface area contributed by atoms with Gasteiger partial charge in [-0.25, -0.2) is 14.4 Å². The summed E-state index contributed by atoms with van der Waals surface area (Å²) < 4.78 is 27.5. The molecule has 0 bridgehead atoms. The van der Waals surface area contributed by atoms with Gasteiger partial charge < -0.3 is 28.6 Å². The molecule has 9 heteroatoms. The van der Waals surface area contributed by atoms with Crippen LogP contribution in [0, 0.1) is 0 Å². The molecule has 0 saturated carbocycles. The standard InChI is InChI=1S/C40H59NO8/c1-3-5-7-9-11-13-15-17-31-45-34-21-19-33(20-22-34)38(42)47-35-23-25-36(26-24-35)48-40(44)49-37-27-29-41(30-28-37)39(43)46-32-18-16-14-12-10-8-6-4-2/h19-26,37H,3-18,27-32H2,1-2H3. The molecule has 1 heterocycles. The maximum atomic E-state index is 12.6. The van der Waals surface area contributed by atoms with Gasteiger partial charge in [-0.05, 0) is 61.4 Å². The van der Waals surface area contributed by atoms with Crippen molar-refractivity contribution in [3.63, 3.8) is 0 Å². The molecule has 1 saturated heterocycles. The fraction of sp³-hybridized carbons (Fsp3) is 0.625. The SMILES string of the molecule is CCCCCCCCCCOC(=O)N1CCC(OC(=O)Oc2ccc(OC(=O)c3ccc(OCCCCCCCCCC)cc3)cc2)CC1. The van der Waals surface area contributed by atoms with Gasteiger partial charge in [0, 0.05) is 25.9 Å². The Hall–Kier alpha value is -3.75. The fourth-order valence-electron chi connectivity index (χ4n) is 5.75. The molecule has 2 aromatic carbocycles. The lowest BCUT2D eigenvalue weighted by atomic mass is 10.1. The lowest BCUT2D eigenvalue weighted by Crippen LogP contribution is -2.42. The van der Waals surface area contributed by atoms with Gasteiger partial charge in [0.05, 0.1) is 18.8 Å². The first kappa shape index (κ1) is 39.7. The number of amides is 1. The van der Waals surface area contributed by atoms with Gasteiger partial charge in [0.25, 0.3) is 0 Å². The highest BCUT2D eigenvalue weighted by atomic mass is 16.7. The van der Waals surface area contributed by atoms with E-state index in [0.29, 0.717) is 50.5 Å². The third-order valence-electron chi connectivity index (χ3n) is 8.78. The van der Waals surface area contributed by atoms with E-state index in [2.05, 4.69) is 13.8 Å². The van der Waals surface area contributed by atoms with Crippen LogP contribution in [0.3, 0.4) is 0 Å². The summed E-state index contributed by atoms with van der Waals surface area (Å²) in [5, 5.41) is 0. The molecule has 9 nitrogen and oxygen atoms in total. The van der Waals surface area contributed by atoms with Crippen molar-refractivity contribution in [2.75, 3.05) is 26.3 Å². The van der Waals surface area contributed by atoms with Gasteiger partial charge in [-0.1, -0.05) is 104 Å². The third-order valence-corrected chi connectivity index (χ3v) is 8.78. The van der Waals surface area contributed by atoms with E-state index in [9.17, 15) is 14.4 Å². The van der Waals surface area contributed by atoms with Crippen LogP contribution in [0.2, 0.25) is 0 Å². The molecule has 0 atom stereocenters. The second-order valence-electron chi connectivity index (χ2n) is 13.0. The zero-order valence-corrected chi connectivity index (χ0v) is 30.0. The summed E-state index contributed by atoms with van der Waals surface area (Å²) in [6, 6.07) is 13.1. The van der Waals surface area contributed by atoms with Crippen molar-refractivity contribution in [3.05, 3.63) is 54.1 Å². The molecule has 1 amide bonds. The molecular formula is C40H59NO8. The highest BCUT2D eigenvalue weighted by Crippen LogP contribution is 2.22. The Morgan fingerprint density at radius 3 is 1.61 bits per heavy atom. The van der Waals surface area contributed by atoms with Crippen molar-refractivity contribution in [2.45, 2.75) is 136 Å². The Morgan fingerprint density at radius 2 is 1.06 bits per heavy atom. The molecule has 0 spiro atoms. The highest BCUT2D eigenvalue weighted by Gasteiger charge is 2.26. The summed E-state index contributed by atoms with van der Waals surface area (Å²) >= 11 is 0. The largest absolute Gasteiger partial charge is 0.514 e. The number of esters is 1. The normalized spacial score (nSPS) is 13.1. The molecule has 1 aliphatic rings. The number of hydrogen-bond donors (Lipinski definition) is 0. The van der Waals surface area contributed by atoms with E-state index in [4.69, 9.17) is 23.7 Å². The second-order valence-corrected chi connectivity index (χ2v) is 13.0. The van der Waals surface area contributed by atoms with Crippen LogP contribution >= 0.6 is 0 Å². The van der Waals surface area contributed by atoms with Crippen LogP contribution in [-0.2, 0) is 9.47 Å². The first-order valence-corrected chi connectivity index (χ1v) is 18.8. The van der Waals surface area contributed by atoms with Crippen LogP contribution in [0.4, 0.5) is 9.59 Å². The molecule has 3 rings (SSSR count). The van der Waals surface area contributed by atoms with Crippen molar-refractivity contribution >= 4 is 18.2 Å². The number of likely N-dealkylation sites (tertiary alicyclic amines) is 1. The molecule has 49 heavy (non-hydrogen) atoms. The van der Waals surface area contributed by atoms with E-state index in [0.717, 1.165) is 25.0 Å². The maximum absolute atomic E-state index is 12.6. The summed E-state index contributed by atoms with van der Waals surface area (Å²) in [4.78, 5) is 39.1. The molecule has 0 N–H and O–H groups in total. The van der Waals surface area contributed by atoms with Gasteiger partial charge in [0.15, 0.2) is 0 Å². The molecule has 1 aliphatic heterocycles. The quantitative estimate of drug-likeness (QED) is 0.0494. The van der Waals surface area contributed by atoms with E-state index in [1.807, 2.05) is 0 Å². The Bertz CT molecular complexity index is 1190. The van der Waals surface area contributed by atoms with E-state index in [-0.39, 0.29) is 17.9 Å². The summed E-state index contributed by atoms with van der Waals surface area (Å²) in [5.41, 5.74) is 0.408. The number of carbonyl (C=O) groups excluding carboxylic acids is 3. The van der Waals surface area contributed by atoms with E-state index < -0.39 is 12.1 Å². The number of nitrogens with zero attached hydrogens (tertiary/aromatic N) is 1. The van der Waals surface area contributed by atoms with Gasteiger partial charge in [0.1, 0.15) is 23.4 Å². The summed E-state index contributed by atoms with van der Waals surface area (Å²) in [6.45, 7) is 6.48. The van der Waals surface area contributed by atoms with E-state index in [1.54, 1.807) is 41.3 Å². The van der Waals surface area contributed by atoms with Crippen molar-refractivity contribution in [2.24, 2.45) is 0 Å². The molecule has 0 unspecified atom stereocenters. The lowest BCUT2D eigenvalue weighted by molar-refractivity contribution is 0.0217. The van der Waals surface area contributed by atoms with Gasteiger partial charge in [0.2, 0.25) is 0 Å². The predicted molar refractivity (Wildman–Crippen MR) is 192 cm³/mol. The molecule has 0 aliphatic carbocycles. The molecular weight excluding hydrogens is 622 g/mol. The predicted octanol–water partition coefficient (Wildman–Crippen LogP) is 10.7. The first-order chi connectivity index (χ1) is 24.0. The van der Waals surface area contributed by atoms with Crippen LogP contribution in [0.15, 0.2) is 48.5 Å². The number of piperidine rings is 1. The van der Waals surface area contributed by atoms with Gasteiger partial charge in [-0.3, -0.25) is 0 Å². The number of ether oxygens (including phenoxy) is 5. The lowest BCUT2D eigenvalue weighted by Gasteiger charge is -2.30. The second kappa shape index (κ2) is 24.4. The molecule has 1 fully saturated rings. The zero-order chi connectivity index (χ0) is 34.9. The average molecular weight is 682 g/mol. The summed E-state index contributed by atoms with van der Waals surface area (Å²) in [7, 11) is 0. The van der Waals surface area contributed by atoms with Crippen LogP contribution in [-0.4, -0.2) is 55.5 Å². The maximum Gasteiger partial charge on any atom is 0.514 e. The number of hydrogen-bond acceptors (Lipinski definition) is 8. The smallest absolute Gasteiger partial charge is 0.494 e. The van der Waals surface area contributed by atoms with Crippen LogP contribution in [0.5, 0.6) is 17.2 Å². The van der Waals surface area contributed by atoms with E-state index >= 15 is 0 Å². The highest BCUT2D eigenvalue weighted by molar-refractivity contribution is 5.91. The number of benzene rings is 2. The minimum atomic E-state index is -0.815. The molecule has 0 aromatic heterocycles. The van der Waals surface area contributed by atoms with Crippen LogP contribution < -0.4 is 14.2 Å². The average Bonchev–Trinajstić information content (AvgIpc) is 3.11. The van der Waals surface area contributed by atoms with Crippen LogP contribution in [0.1, 0.15) is 140 Å². The molecule has 272 valence electrons. The Morgan fingerprint density at radius 1 is 0.592 bits per heavy atom. The van der Waals surface area contributed by atoms with Crippen molar-refractivity contribution in [1.29, 1.82) is 0 Å². The van der Waals surface area contributed by atoms with E-state index in [1.165, 1.54) is 95.6 Å². The minimum absolute atomic E-state index is 0.268. The number of rotatable bonds is 23. The zero-order valence-electron chi connectivity index (χ0n) is 30.0. The van der Waals surface area contributed by atoms with Crippen molar-refractivity contribution in [1.82, 2.24) is 4.90 Å². The summed E-state index contributed by atoms with van der Waals surface area (Å²) in [5.74, 6) is 0.823. The minimum Gasteiger partial charge on any atom is -0.494 e. The number of unbranched alkanes of at least 4 members (excludes halogenated alkanes) is 14. The Kier molecular flexibility index (Phi) is 19.8. The number of carbonyl (C=O) groups is 3. The van der Waals surface area contributed by atoms with Gasteiger partial charge in [-0.2, -0.15) is 0 Å².